The number of ketones is 1. The fourth-order valence-electron chi connectivity index (χ4n) is 0.451. The van der Waals surface area contributed by atoms with Crippen LogP contribution in [0.3, 0.4) is 0 Å². The van der Waals surface area contributed by atoms with Crippen LogP contribution in [-0.4, -0.2) is 30.4 Å². The molecule has 1 saturated heterocycles. The van der Waals surface area contributed by atoms with Gasteiger partial charge in [-0.3, -0.25) is 14.4 Å². The summed E-state index contributed by atoms with van der Waals surface area (Å²) in [5.74, 6) is -1.04. The van der Waals surface area contributed by atoms with Gasteiger partial charge in [0, 0.05) is 7.05 Å². The fourth-order valence-corrected chi connectivity index (χ4v) is 0.451. The van der Waals surface area contributed by atoms with Gasteiger partial charge in [-0.25, -0.2) is 5.06 Å². The topological polar surface area (TPSA) is 46.6 Å². The Morgan fingerprint density at radius 3 is 2.38 bits per heavy atom. The zero-order chi connectivity index (χ0) is 6.15. The second-order valence-electron chi connectivity index (χ2n) is 1.50. The van der Waals surface area contributed by atoms with Crippen molar-refractivity contribution in [3.8, 4) is 0 Å². The summed E-state index contributed by atoms with van der Waals surface area (Å²) in [5.41, 5.74) is 0. The molecular formula is C4H5NO3. The molecule has 4 heteroatoms. The number of hydrogen-bond acceptors (Lipinski definition) is 3. The molecule has 0 saturated carbocycles. The molecule has 0 radical (unpaired) electrons. The number of likely N-dealkylation sites (N-methyl/N-ethyl adjacent to an activating group) is 1. The van der Waals surface area contributed by atoms with Crippen molar-refractivity contribution in [2.75, 3.05) is 13.7 Å². The Morgan fingerprint density at radius 2 is 2.25 bits per heavy atom. The molecule has 44 valence electrons. The molecule has 1 fully saturated rings. The van der Waals surface area contributed by atoms with Gasteiger partial charge in [-0.05, 0) is 0 Å². The van der Waals surface area contributed by atoms with E-state index in [1.54, 1.807) is 0 Å². The minimum Gasteiger partial charge on any atom is -0.286 e. The lowest BCUT2D eigenvalue weighted by atomic mass is 10.4. The molecule has 1 aliphatic heterocycles. The Kier molecular flexibility index (Phi) is 1.02. The number of amides is 1. The lowest BCUT2D eigenvalue weighted by Crippen LogP contribution is -2.21. The highest BCUT2D eigenvalue weighted by molar-refractivity contribution is 6.37. The normalized spacial score (nSPS) is 20.4. The van der Waals surface area contributed by atoms with E-state index in [4.69, 9.17) is 0 Å². The van der Waals surface area contributed by atoms with Gasteiger partial charge in [0.15, 0.2) is 0 Å². The fraction of sp³-hybridized carbons (Fsp3) is 0.500. The number of hydrogen-bond donors (Lipinski definition) is 0. The monoisotopic (exact) mass is 115 g/mol. The van der Waals surface area contributed by atoms with Crippen molar-refractivity contribution >= 4 is 11.7 Å². The van der Waals surface area contributed by atoms with Crippen LogP contribution in [0.25, 0.3) is 0 Å². The zero-order valence-corrected chi connectivity index (χ0v) is 4.38. The summed E-state index contributed by atoms with van der Waals surface area (Å²) in [7, 11) is 1.41. The van der Waals surface area contributed by atoms with Crippen molar-refractivity contribution < 1.29 is 14.4 Å². The first kappa shape index (κ1) is 5.24. The van der Waals surface area contributed by atoms with Crippen molar-refractivity contribution in [2.24, 2.45) is 0 Å². The average molecular weight is 115 g/mol. The summed E-state index contributed by atoms with van der Waals surface area (Å²) in [6.45, 7) is -0.102. The molecule has 8 heavy (non-hydrogen) atoms. The summed E-state index contributed by atoms with van der Waals surface area (Å²) in [6.07, 6.45) is 0. The molecule has 0 aromatic rings. The van der Waals surface area contributed by atoms with E-state index in [9.17, 15) is 9.59 Å². The molecular weight excluding hydrogens is 110 g/mol. The van der Waals surface area contributed by atoms with E-state index in [-0.39, 0.29) is 6.61 Å². The molecule has 1 rings (SSSR count). The summed E-state index contributed by atoms with van der Waals surface area (Å²) in [5, 5.41) is 0.933. The van der Waals surface area contributed by atoms with E-state index < -0.39 is 11.7 Å². The van der Waals surface area contributed by atoms with Crippen molar-refractivity contribution in [2.45, 2.75) is 0 Å². The summed E-state index contributed by atoms with van der Waals surface area (Å²) >= 11 is 0. The average Bonchev–Trinajstić information content (AvgIpc) is 1.98. The molecule has 0 aliphatic carbocycles. The standard InChI is InChI=1S/C4H5NO3/c1-5-4(7)3(6)2-8-5/h2H2,1H3. The molecule has 0 unspecified atom stereocenters. The molecule has 0 aromatic carbocycles. The van der Waals surface area contributed by atoms with E-state index >= 15 is 0 Å². The Balaban J connectivity index is 2.71. The van der Waals surface area contributed by atoms with E-state index in [0.717, 1.165) is 5.06 Å². The van der Waals surface area contributed by atoms with Gasteiger partial charge in [-0.2, -0.15) is 0 Å². The van der Waals surface area contributed by atoms with Crippen LogP contribution in [0, 0.1) is 0 Å². The molecule has 1 amide bonds. The summed E-state index contributed by atoms with van der Waals surface area (Å²) in [6, 6.07) is 0. The van der Waals surface area contributed by atoms with Crippen LogP contribution in [0.4, 0.5) is 0 Å². The predicted octanol–water partition coefficient (Wildman–Crippen LogP) is -1.04. The van der Waals surface area contributed by atoms with Gasteiger partial charge in [0.25, 0.3) is 5.78 Å². The van der Waals surface area contributed by atoms with Gasteiger partial charge in [-0.15, -0.1) is 0 Å². The minimum absolute atomic E-state index is 0.102. The van der Waals surface area contributed by atoms with Gasteiger partial charge in [0.05, 0.1) is 0 Å². The first-order chi connectivity index (χ1) is 3.72. The number of carbonyl (C=O) groups excluding carboxylic acids is 2. The van der Waals surface area contributed by atoms with Crippen LogP contribution in [-0.2, 0) is 14.4 Å². The maximum Gasteiger partial charge on any atom is 0.315 e. The third kappa shape index (κ3) is 0.586. The van der Waals surface area contributed by atoms with E-state index in [1.165, 1.54) is 7.05 Å². The maximum absolute atomic E-state index is 10.4. The quantitative estimate of drug-likeness (QED) is 0.379. The third-order valence-electron chi connectivity index (χ3n) is 0.914. The van der Waals surface area contributed by atoms with E-state index in [2.05, 4.69) is 4.84 Å². The molecule has 1 aliphatic rings. The van der Waals surface area contributed by atoms with Crippen LogP contribution in [0.15, 0.2) is 0 Å². The molecule has 0 bridgehead atoms. The van der Waals surface area contributed by atoms with Crippen LogP contribution < -0.4 is 0 Å². The highest BCUT2D eigenvalue weighted by Gasteiger charge is 2.27. The van der Waals surface area contributed by atoms with Crippen molar-refractivity contribution in [1.82, 2.24) is 5.06 Å². The van der Waals surface area contributed by atoms with E-state index in [0.29, 0.717) is 0 Å². The van der Waals surface area contributed by atoms with Crippen molar-refractivity contribution in [3.05, 3.63) is 0 Å². The lowest BCUT2D eigenvalue weighted by Gasteiger charge is -2.00. The maximum atomic E-state index is 10.4. The molecule has 0 atom stereocenters. The van der Waals surface area contributed by atoms with Crippen LogP contribution in [0.2, 0.25) is 0 Å². The number of rotatable bonds is 0. The first-order valence-corrected chi connectivity index (χ1v) is 2.15. The van der Waals surface area contributed by atoms with Crippen LogP contribution in [0.1, 0.15) is 0 Å². The highest BCUT2D eigenvalue weighted by Crippen LogP contribution is 1.97. The van der Waals surface area contributed by atoms with Crippen molar-refractivity contribution in [3.63, 3.8) is 0 Å². The molecule has 0 aromatic heterocycles. The summed E-state index contributed by atoms with van der Waals surface area (Å²) < 4.78 is 0. The van der Waals surface area contributed by atoms with Gasteiger partial charge in [-0.1, -0.05) is 0 Å². The second-order valence-corrected chi connectivity index (χ2v) is 1.50. The molecule has 1 heterocycles. The molecule has 0 N–H and O–H groups in total. The smallest absolute Gasteiger partial charge is 0.286 e. The van der Waals surface area contributed by atoms with Gasteiger partial charge >= 0.3 is 5.91 Å². The summed E-state index contributed by atoms with van der Waals surface area (Å²) in [4.78, 5) is 25.1. The van der Waals surface area contributed by atoms with Crippen LogP contribution in [0.5, 0.6) is 0 Å². The molecule has 0 spiro atoms. The number of Topliss-reactive ketones (excluding diaryl/α,β-unsaturated/α-hetero) is 1. The largest absolute Gasteiger partial charge is 0.315 e. The number of hydroxylamine groups is 2. The highest BCUT2D eigenvalue weighted by atomic mass is 16.7. The van der Waals surface area contributed by atoms with Crippen LogP contribution >= 0.6 is 0 Å². The van der Waals surface area contributed by atoms with Gasteiger partial charge in [0.2, 0.25) is 0 Å². The predicted molar refractivity (Wildman–Crippen MR) is 23.7 cm³/mol. The van der Waals surface area contributed by atoms with E-state index in [1.807, 2.05) is 0 Å². The zero-order valence-electron chi connectivity index (χ0n) is 4.38. The number of nitrogens with zero attached hydrogens (tertiary/aromatic N) is 1. The third-order valence-corrected chi connectivity index (χ3v) is 0.914. The van der Waals surface area contributed by atoms with Gasteiger partial charge < -0.3 is 0 Å². The minimum atomic E-state index is -0.565. The molecule has 4 nitrogen and oxygen atoms in total. The Morgan fingerprint density at radius 1 is 1.62 bits per heavy atom. The van der Waals surface area contributed by atoms with Gasteiger partial charge in [0.1, 0.15) is 6.61 Å². The Hall–Kier alpha value is -0.900. The lowest BCUT2D eigenvalue weighted by molar-refractivity contribution is -0.155. The number of carbonyl (C=O) groups is 2. The second kappa shape index (κ2) is 1.56. The Bertz CT molecular complexity index is 142. The first-order valence-electron chi connectivity index (χ1n) is 2.15. The van der Waals surface area contributed by atoms with Crippen molar-refractivity contribution in [1.29, 1.82) is 0 Å². The SMILES string of the molecule is CN1OCC(=O)C1=O. The Labute approximate surface area is 46.0 Å².